The zero-order chi connectivity index (χ0) is 45.5. The van der Waals surface area contributed by atoms with Gasteiger partial charge in [-0.05, 0) is 93.0 Å². The lowest BCUT2D eigenvalue weighted by Gasteiger charge is -2.13. The van der Waals surface area contributed by atoms with Crippen LogP contribution in [0.1, 0.15) is 26.5 Å². The normalized spacial score (nSPS) is 11.1. The Morgan fingerprint density at radius 3 is 1.62 bits per heavy atom. The molecule has 0 fully saturated rings. The van der Waals surface area contributed by atoms with Crippen LogP contribution in [0.5, 0.6) is 11.5 Å². The van der Waals surface area contributed by atoms with Gasteiger partial charge in [0.1, 0.15) is 40.6 Å². The second-order valence-electron chi connectivity index (χ2n) is 14.9. The molecule has 0 bridgehead atoms. The summed E-state index contributed by atoms with van der Waals surface area (Å²) in [5.74, 6) is 1.54. The molecule has 0 unspecified atom stereocenters. The number of nitrogens with two attached hydrogens (primary N) is 2. The SMILES string of the molecule is COc1cc(-c2csc3c(C#N)cnc(N)c23)ccc1NC(=O)c1cc2ccccc2n1C.COc1cc(-c2csc3c(I)cnc(N)c23)ccc1NC(=O)c1cc2ccccc2n1C. The maximum absolute atomic E-state index is 13.0. The number of rotatable bonds is 8. The van der Waals surface area contributed by atoms with Crippen molar-refractivity contribution in [1.29, 1.82) is 5.26 Å². The lowest BCUT2D eigenvalue weighted by molar-refractivity contribution is 0.101. The van der Waals surface area contributed by atoms with E-state index in [-0.39, 0.29) is 11.8 Å². The van der Waals surface area contributed by atoms with E-state index in [1.165, 1.54) is 17.5 Å². The number of para-hydroxylation sites is 2. The third-order valence-electron chi connectivity index (χ3n) is 11.2. The second kappa shape index (κ2) is 17.6. The molecular formula is C49H38IN9O4S2. The number of pyridine rings is 2. The molecule has 10 rings (SSSR count). The minimum Gasteiger partial charge on any atom is -0.495 e. The highest BCUT2D eigenvalue weighted by Gasteiger charge is 2.20. The molecule has 0 radical (unpaired) electrons. The summed E-state index contributed by atoms with van der Waals surface area (Å²) in [6.07, 6.45) is 3.27. The monoisotopic (exact) mass is 1010 g/mol. The first-order valence-electron chi connectivity index (χ1n) is 19.9. The van der Waals surface area contributed by atoms with Gasteiger partial charge in [0.05, 0.1) is 40.6 Å². The molecule has 6 aromatic heterocycles. The van der Waals surface area contributed by atoms with Crippen LogP contribution >= 0.6 is 45.3 Å². The van der Waals surface area contributed by atoms with E-state index in [9.17, 15) is 14.9 Å². The number of carbonyl (C=O) groups excluding carboxylic acids is 2. The third kappa shape index (κ3) is 7.83. The summed E-state index contributed by atoms with van der Waals surface area (Å²) in [5, 5.41) is 23.1. The van der Waals surface area contributed by atoms with Gasteiger partial charge in [-0.2, -0.15) is 5.26 Å². The van der Waals surface area contributed by atoms with Crippen LogP contribution in [0.15, 0.2) is 120 Å². The molecule has 16 heteroatoms. The fourth-order valence-electron chi connectivity index (χ4n) is 7.92. The highest BCUT2D eigenvalue weighted by atomic mass is 127. The number of anilines is 4. The van der Waals surface area contributed by atoms with E-state index in [0.29, 0.717) is 51.5 Å². The summed E-state index contributed by atoms with van der Waals surface area (Å²) in [5.41, 5.74) is 20.7. The van der Waals surface area contributed by atoms with Crippen LogP contribution in [0.25, 0.3) is 64.2 Å². The van der Waals surface area contributed by atoms with E-state index in [4.69, 9.17) is 20.9 Å². The van der Waals surface area contributed by atoms with Gasteiger partial charge >= 0.3 is 0 Å². The molecule has 13 nitrogen and oxygen atoms in total. The van der Waals surface area contributed by atoms with Crippen molar-refractivity contribution in [3.63, 3.8) is 0 Å². The maximum Gasteiger partial charge on any atom is 0.272 e. The van der Waals surface area contributed by atoms with E-state index in [0.717, 1.165) is 67.8 Å². The Morgan fingerprint density at radius 1 is 0.677 bits per heavy atom. The number of methoxy groups -OCH3 is 2. The quantitative estimate of drug-likeness (QED) is 0.107. The molecule has 10 aromatic rings. The van der Waals surface area contributed by atoms with Gasteiger partial charge in [-0.3, -0.25) is 9.59 Å². The van der Waals surface area contributed by atoms with Gasteiger partial charge in [0.15, 0.2) is 0 Å². The van der Waals surface area contributed by atoms with Crippen LogP contribution in [0.3, 0.4) is 0 Å². The van der Waals surface area contributed by atoms with Crippen molar-refractivity contribution < 1.29 is 19.1 Å². The topological polar surface area (TPSA) is 188 Å². The number of amides is 2. The number of ether oxygens (including phenoxy) is 2. The smallest absolute Gasteiger partial charge is 0.272 e. The first kappa shape index (κ1) is 42.8. The van der Waals surface area contributed by atoms with Crippen molar-refractivity contribution in [2.45, 2.75) is 0 Å². The number of thiophene rings is 2. The number of nitrogens with one attached hydrogen (secondary N) is 2. The Kier molecular flexibility index (Phi) is 11.6. The molecule has 0 aliphatic rings. The lowest BCUT2D eigenvalue weighted by atomic mass is 10.0. The van der Waals surface area contributed by atoms with E-state index >= 15 is 0 Å². The van der Waals surface area contributed by atoms with Crippen LogP contribution < -0.4 is 31.6 Å². The predicted octanol–water partition coefficient (Wildman–Crippen LogP) is 11.1. The number of aryl methyl sites for hydroxylation is 2. The molecule has 322 valence electrons. The van der Waals surface area contributed by atoms with Gasteiger partial charge in [-0.1, -0.05) is 48.5 Å². The highest BCUT2D eigenvalue weighted by molar-refractivity contribution is 14.1. The van der Waals surface area contributed by atoms with Crippen LogP contribution in [0.4, 0.5) is 23.0 Å². The molecule has 2 amide bonds. The van der Waals surface area contributed by atoms with Gasteiger partial charge < -0.3 is 40.7 Å². The number of nitrogen functional groups attached to an aromatic ring is 2. The molecule has 4 aromatic carbocycles. The largest absolute Gasteiger partial charge is 0.495 e. The van der Waals surface area contributed by atoms with Crippen molar-refractivity contribution in [2.24, 2.45) is 14.1 Å². The Morgan fingerprint density at radius 2 is 1.14 bits per heavy atom. The number of fused-ring (bicyclic) bond motifs is 4. The van der Waals surface area contributed by atoms with Gasteiger partial charge in [0.25, 0.3) is 11.8 Å². The minimum absolute atomic E-state index is 0.196. The maximum atomic E-state index is 13.0. The highest BCUT2D eigenvalue weighted by Crippen LogP contribution is 2.42. The fraction of sp³-hybridized carbons (Fsp3) is 0.0816. The summed E-state index contributed by atoms with van der Waals surface area (Å²) >= 11 is 5.36. The number of aromatic nitrogens is 4. The number of hydrogen-bond acceptors (Lipinski definition) is 11. The summed E-state index contributed by atoms with van der Waals surface area (Å²) < 4.78 is 17.9. The van der Waals surface area contributed by atoms with Crippen LogP contribution in [0.2, 0.25) is 0 Å². The summed E-state index contributed by atoms with van der Waals surface area (Å²) in [4.78, 5) is 34.5. The summed E-state index contributed by atoms with van der Waals surface area (Å²) in [6, 6.07) is 32.9. The molecule has 0 atom stereocenters. The Bertz CT molecular complexity index is 3570. The Labute approximate surface area is 394 Å². The molecule has 0 saturated carbocycles. The molecule has 0 spiro atoms. The predicted molar refractivity (Wildman–Crippen MR) is 271 cm³/mol. The van der Waals surface area contributed by atoms with Crippen LogP contribution in [-0.2, 0) is 14.1 Å². The molecule has 65 heavy (non-hydrogen) atoms. The Hall–Kier alpha value is -7.46. The number of halogens is 1. The third-order valence-corrected chi connectivity index (χ3v) is 14.4. The van der Waals surface area contributed by atoms with Crippen LogP contribution in [0, 0.1) is 14.9 Å². The van der Waals surface area contributed by atoms with Gasteiger partial charge in [-0.15, -0.1) is 22.7 Å². The van der Waals surface area contributed by atoms with E-state index < -0.39 is 0 Å². The van der Waals surface area contributed by atoms with Crippen molar-refractivity contribution in [1.82, 2.24) is 19.1 Å². The average molecular weight is 1010 g/mol. The first-order chi connectivity index (χ1) is 31.5. The van der Waals surface area contributed by atoms with Crippen molar-refractivity contribution in [2.75, 3.05) is 36.3 Å². The zero-order valence-corrected chi connectivity index (χ0v) is 39.1. The van der Waals surface area contributed by atoms with Crippen molar-refractivity contribution in [3.8, 4) is 39.8 Å². The second-order valence-corrected chi connectivity index (χ2v) is 17.8. The summed E-state index contributed by atoms with van der Waals surface area (Å²) in [6.45, 7) is 0. The average Bonchev–Trinajstić information content (AvgIpc) is 4.13. The molecular weight excluding hydrogens is 970 g/mol. The van der Waals surface area contributed by atoms with Crippen molar-refractivity contribution >= 4 is 122 Å². The number of carbonyl (C=O) groups is 2. The van der Waals surface area contributed by atoms with E-state index in [1.807, 2.05) is 120 Å². The number of nitriles is 1. The molecule has 0 saturated heterocycles. The summed E-state index contributed by atoms with van der Waals surface area (Å²) in [7, 11) is 6.91. The molecule has 6 heterocycles. The number of hydrogen-bond donors (Lipinski definition) is 4. The first-order valence-corrected chi connectivity index (χ1v) is 22.8. The Balaban J connectivity index is 0.000000164. The number of nitrogens with zero attached hydrogens (tertiary/aromatic N) is 5. The molecule has 6 N–H and O–H groups in total. The van der Waals surface area contributed by atoms with Gasteiger partial charge in [0, 0.05) is 73.8 Å². The van der Waals surface area contributed by atoms with Crippen LogP contribution in [-0.4, -0.2) is 45.1 Å². The standard InChI is InChI=1S/C25H19N5O2S.C24H19IN4O2S/c1-30-19-6-4-3-5-15(19)9-20(30)25(31)29-18-8-7-14(10-21(18)32-2)17-13-33-23-16(11-26)12-28-24(27)22(17)23;1-29-18-6-4-3-5-14(18)9-19(29)24(30)28-17-8-7-13(10-20(17)31-2)15-12-32-22-16(25)11-27-23(26)21(15)22/h3-10,12-13H,1-2H3,(H2,27,28)(H,29,31);3-12H,1-2H3,(H2,26,27)(H,28,30). The molecule has 0 aliphatic heterocycles. The van der Waals surface area contributed by atoms with Gasteiger partial charge in [-0.25, -0.2) is 9.97 Å². The zero-order valence-electron chi connectivity index (χ0n) is 35.3. The number of benzene rings is 4. The lowest BCUT2D eigenvalue weighted by Crippen LogP contribution is -2.16. The van der Waals surface area contributed by atoms with E-state index in [2.05, 4.69) is 54.6 Å². The fourth-order valence-corrected chi connectivity index (χ4v) is 10.7. The van der Waals surface area contributed by atoms with E-state index in [1.54, 1.807) is 37.8 Å². The van der Waals surface area contributed by atoms with Crippen molar-refractivity contribution in [3.05, 3.63) is 141 Å². The molecule has 0 aliphatic carbocycles. The van der Waals surface area contributed by atoms with Gasteiger partial charge in [0.2, 0.25) is 0 Å². The minimum atomic E-state index is -0.229.